The van der Waals surface area contributed by atoms with Gasteiger partial charge in [0.15, 0.2) is 0 Å². The van der Waals surface area contributed by atoms with Crippen molar-refractivity contribution in [1.82, 2.24) is 0 Å². The van der Waals surface area contributed by atoms with Crippen LogP contribution in [-0.4, -0.2) is 13.5 Å². The van der Waals surface area contributed by atoms with Gasteiger partial charge in [0, 0.05) is 23.0 Å². The second kappa shape index (κ2) is 5.28. The van der Waals surface area contributed by atoms with Crippen molar-refractivity contribution in [3.8, 4) is 5.75 Å². The lowest BCUT2D eigenvalue weighted by Crippen LogP contribution is -2.15. The number of hydrogen-bond acceptors (Lipinski definition) is 2. The summed E-state index contributed by atoms with van der Waals surface area (Å²) >= 11 is 5.76. The molecule has 0 saturated heterocycles. The molecular weight excluding hydrogens is 224 g/mol. The first-order valence-corrected chi connectivity index (χ1v) is 4.79. The fraction of sp³-hybridized carbons (Fsp3) is 0.400. The van der Waals surface area contributed by atoms with Crippen LogP contribution in [0.25, 0.3) is 0 Å². The van der Waals surface area contributed by atoms with Gasteiger partial charge in [-0.15, -0.1) is 0 Å². The van der Waals surface area contributed by atoms with Crippen LogP contribution in [0.5, 0.6) is 5.75 Å². The Bertz CT molecular complexity index is 333. The Morgan fingerprint density at radius 2 is 2.13 bits per heavy atom. The summed E-state index contributed by atoms with van der Waals surface area (Å²) in [5, 5.41) is 0.454. The highest BCUT2D eigenvalue weighted by molar-refractivity contribution is 6.30. The van der Waals surface area contributed by atoms with Crippen LogP contribution in [0.4, 0.5) is 8.78 Å². The topological polar surface area (TPSA) is 35.2 Å². The van der Waals surface area contributed by atoms with Gasteiger partial charge in [0.2, 0.25) is 6.43 Å². The second-order valence-electron chi connectivity index (χ2n) is 3.12. The molecule has 0 aromatic heterocycles. The highest BCUT2D eigenvalue weighted by Crippen LogP contribution is 2.29. The van der Waals surface area contributed by atoms with Crippen LogP contribution in [0.15, 0.2) is 18.2 Å². The van der Waals surface area contributed by atoms with Gasteiger partial charge in [-0.1, -0.05) is 11.6 Å². The first-order chi connectivity index (χ1) is 7.04. The minimum absolute atomic E-state index is 0.406. The van der Waals surface area contributed by atoms with Crippen LogP contribution in [0, 0.1) is 0 Å². The standard InChI is InChI=1S/C10H12ClF2NO/c1-15-9-3-2-6(11)4-7(9)8(14)5-10(12)13/h2-4,8,10H,5,14H2,1H3/t8-/m1/s1. The molecule has 5 heteroatoms. The van der Waals surface area contributed by atoms with Crippen molar-refractivity contribution in [3.05, 3.63) is 28.8 Å². The van der Waals surface area contributed by atoms with Crippen molar-refractivity contribution in [2.75, 3.05) is 7.11 Å². The molecule has 1 atom stereocenters. The molecule has 0 amide bonds. The molecule has 0 aliphatic carbocycles. The van der Waals surface area contributed by atoms with E-state index in [-0.39, 0.29) is 0 Å². The zero-order chi connectivity index (χ0) is 11.4. The lowest BCUT2D eigenvalue weighted by Gasteiger charge is -2.15. The third-order valence-corrected chi connectivity index (χ3v) is 2.26. The van der Waals surface area contributed by atoms with Gasteiger partial charge < -0.3 is 10.5 Å². The van der Waals surface area contributed by atoms with Gasteiger partial charge >= 0.3 is 0 Å². The lowest BCUT2D eigenvalue weighted by molar-refractivity contribution is 0.128. The van der Waals surface area contributed by atoms with E-state index >= 15 is 0 Å². The van der Waals surface area contributed by atoms with Crippen molar-refractivity contribution < 1.29 is 13.5 Å². The predicted molar refractivity (Wildman–Crippen MR) is 55.6 cm³/mol. The molecular formula is C10H12ClF2NO. The summed E-state index contributed by atoms with van der Waals surface area (Å²) < 4.78 is 29.3. The molecule has 1 aromatic carbocycles. The van der Waals surface area contributed by atoms with Gasteiger partial charge in [-0.3, -0.25) is 0 Å². The van der Waals surface area contributed by atoms with Crippen LogP contribution >= 0.6 is 11.6 Å². The Kier molecular flexibility index (Phi) is 4.29. The molecule has 1 rings (SSSR count). The third-order valence-electron chi connectivity index (χ3n) is 2.02. The SMILES string of the molecule is COc1ccc(Cl)cc1[C@H](N)CC(F)F. The minimum atomic E-state index is -2.44. The van der Waals surface area contributed by atoms with Gasteiger partial charge in [0.1, 0.15) is 5.75 Å². The molecule has 0 aliphatic rings. The van der Waals surface area contributed by atoms with Crippen LogP contribution in [0.1, 0.15) is 18.0 Å². The predicted octanol–water partition coefficient (Wildman–Crippen LogP) is 3.00. The minimum Gasteiger partial charge on any atom is -0.496 e. The number of halogens is 3. The quantitative estimate of drug-likeness (QED) is 0.871. The van der Waals surface area contributed by atoms with E-state index < -0.39 is 18.9 Å². The maximum absolute atomic E-state index is 12.2. The zero-order valence-corrected chi connectivity index (χ0v) is 8.97. The maximum atomic E-state index is 12.2. The smallest absolute Gasteiger partial charge is 0.240 e. The van der Waals surface area contributed by atoms with Crippen LogP contribution in [-0.2, 0) is 0 Å². The largest absolute Gasteiger partial charge is 0.496 e. The Hall–Kier alpha value is -0.870. The highest BCUT2D eigenvalue weighted by atomic mass is 35.5. The average Bonchev–Trinajstić information content (AvgIpc) is 2.16. The summed E-state index contributed by atoms with van der Waals surface area (Å²) in [5.41, 5.74) is 6.13. The van der Waals surface area contributed by atoms with Gasteiger partial charge in [0.05, 0.1) is 7.11 Å². The van der Waals surface area contributed by atoms with Crippen molar-refractivity contribution in [1.29, 1.82) is 0 Å². The number of ether oxygens (including phenoxy) is 1. The van der Waals surface area contributed by atoms with Crippen molar-refractivity contribution in [2.45, 2.75) is 18.9 Å². The Morgan fingerprint density at radius 3 is 2.67 bits per heavy atom. The average molecular weight is 236 g/mol. The second-order valence-corrected chi connectivity index (χ2v) is 3.56. The monoisotopic (exact) mass is 235 g/mol. The molecule has 15 heavy (non-hydrogen) atoms. The van der Waals surface area contributed by atoms with E-state index in [1.165, 1.54) is 7.11 Å². The highest BCUT2D eigenvalue weighted by Gasteiger charge is 2.17. The number of hydrogen-bond donors (Lipinski definition) is 1. The van der Waals surface area contributed by atoms with E-state index in [9.17, 15) is 8.78 Å². The first kappa shape index (κ1) is 12.2. The summed E-state index contributed by atoms with van der Waals surface area (Å²) in [5.74, 6) is 0.479. The molecule has 2 N–H and O–H groups in total. The third kappa shape index (κ3) is 3.32. The summed E-state index contributed by atoms with van der Waals surface area (Å²) in [6.07, 6.45) is -2.85. The number of benzene rings is 1. The first-order valence-electron chi connectivity index (χ1n) is 4.41. The van der Waals surface area contributed by atoms with E-state index in [1.54, 1.807) is 18.2 Å². The van der Waals surface area contributed by atoms with Crippen molar-refractivity contribution in [2.24, 2.45) is 5.73 Å². The normalized spacial score (nSPS) is 12.9. The van der Waals surface area contributed by atoms with Crippen molar-refractivity contribution >= 4 is 11.6 Å². The molecule has 1 aromatic rings. The van der Waals surface area contributed by atoms with E-state index in [4.69, 9.17) is 22.1 Å². The summed E-state index contributed by atoms with van der Waals surface area (Å²) in [6.45, 7) is 0. The Labute approximate surface area is 92.0 Å². The lowest BCUT2D eigenvalue weighted by atomic mass is 10.0. The maximum Gasteiger partial charge on any atom is 0.240 e. The van der Waals surface area contributed by atoms with Gasteiger partial charge in [-0.05, 0) is 18.2 Å². The van der Waals surface area contributed by atoms with Crippen molar-refractivity contribution in [3.63, 3.8) is 0 Å². The Balaban J connectivity index is 2.94. The molecule has 0 fully saturated rings. The molecule has 0 bridgehead atoms. The van der Waals surface area contributed by atoms with Crippen LogP contribution in [0.3, 0.4) is 0 Å². The summed E-state index contributed by atoms with van der Waals surface area (Å²) in [4.78, 5) is 0. The molecule has 0 saturated carbocycles. The summed E-state index contributed by atoms with van der Waals surface area (Å²) in [7, 11) is 1.46. The van der Waals surface area contributed by atoms with E-state index in [1.807, 2.05) is 0 Å². The van der Waals surface area contributed by atoms with Crippen LogP contribution < -0.4 is 10.5 Å². The Morgan fingerprint density at radius 1 is 1.47 bits per heavy atom. The molecule has 84 valence electrons. The number of alkyl halides is 2. The van der Waals surface area contributed by atoms with E-state index in [2.05, 4.69) is 0 Å². The molecule has 0 radical (unpaired) electrons. The molecule has 0 unspecified atom stereocenters. The van der Waals surface area contributed by atoms with Gasteiger partial charge in [0.25, 0.3) is 0 Å². The van der Waals surface area contributed by atoms with Gasteiger partial charge in [-0.2, -0.15) is 0 Å². The molecule has 0 aliphatic heterocycles. The van der Waals surface area contributed by atoms with Crippen LogP contribution in [0.2, 0.25) is 5.02 Å². The fourth-order valence-electron chi connectivity index (χ4n) is 1.31. The number of rotatable bonds is 4. The van der Waals surface area contributed by atoms with E-state index in [0.717, 1.165) is 0 Å². The molecule has 0 spiro atoms. The molecule has 2 nitrogen and oxygen atoms in total. The number of methoxy groups -OCH3 is 1. The van der Waals surface area contributed by atoms with E-state index in [0.29, 0.717) is 16.3 Å². The molecule has 0 heterocycles. The fourth-order valence-corrected chi connectivity index (χ4v) is 1.49. The van der Waals surface area contributed by atoms with Gasteiger partial charge in [-0.25, -0.2) is 8.78 Å². The zero-order valence-electron chi connectivity index (χ0n) is 8.21. The number of nitrogens with two attached hydrogens (primary N) is 1. The summed E-state index contributed by atoms with van der Waals surface area (Å²) in [6, 6.07) is 4.02.